The van der Waals surface area contributed by atoms with Crippen LogP contribution in [0, 0.1) is 5.41 Å². The van der Waals surface area contributed by atoms with Gasteiger partial charge in [-0.3, -0.25) is 0 Å². The van der Waals surface area contributed by atoms with E-state index < -0.39 is 0 Å². The Bertz CT molecular complexity index is 127. The zero-order chi connectivity index (χ0) is 9.33. The van der Waals surface area contributed by atoms with Crippen molar-refractivity contribution >= 4 is 0 Å². The van der Waals surface area contributed by atoms with Crippen LogP contribution in [-0.2, 0) is 0 Å². The summed E-state index contributed by atoms with van der Waals surface area (Å²) < 4.78 is 0. The molecule has 0 amide bonds. The SMILES string of the molecule is C=C/C=C\C(C)(C)C=C.CC. The van der Waals surface area contributed by atoms with Gasteiger partial charge in [0, 0.05) is 5.41 Å². The normalized spacial score (nSPS) is 10.2. The van der Waals surface area contributed by atoms with E-state index in [9.17, 15) is 0 Å². The van der Waals surface area contributed by atoms with Crippen molar-refractivity contribution in [2.24, 2.45) is 5.41 Å². The summed E-state index contributed by atoms with van der Waals surface area (Å²) in [5.74, 6) is 0. The van der Waals surface area contributed by atoms with Crippen molar-refractivity contribution in [3.05, 3.63) is 37.5 Å². The summed E-state index contributed by atoms with van der Waals surface area (Å²) in [5, 5.41) is 0. The molecule has 11 heavy (non-hydrogen) atoms. The minimum absolute atomic E-state index is 0.105. The first-order valence-corrected chi connectivity index (χ1v) is 4.06. The Morgan fingerprint density at radius 3 is 1.82 bits per heavy atom. The van der Waals surface area contributed by atoms with Crippen LogP contribution < -0.4 is 0 Å². The largest absolute Gasteiger partial charge is 0.102 e. The van der Waals surface area contributed by atoms with E-state index in [1.54, 1.807) is 6.08 Å². The van der Waals surface area contributed by atoms with E-state index in [0.717, 1.165) is 0 Å². The van der Waals surface area contributed by atoms with Gasteiger partial charge >= 0.3 is 0 Å². The fourth-order valence-corrected chi connectivity index (χ4v) is 0.384. The first-order valence-electron chi connectivity index (χ1n) is 4.06. The van der Waals surface area contributed by atoms with Gasteiger partial charge in [-0.1, -0.05) is 58.6 Å². The lowest BCUT2D eigenvalue weighted by Gasteiger charge is -2.11. The van der Waals surface area contributed by atoms with Gasteiger partial charge in [-0.25, -0.2) is 0 Å². The second-order valence-corrected chi connectivity index (χ2v) is 2.62. The Kier molecular flexibility index (Phi) is 8.57. The molecule has 0 aromatic carbocycles. The van der Waals surface area contributed by atoms with Gasteiger partial charge in [-0.05, 0) is 0 Å². The zero-order valence-electron chi connectivity index (χ0n) is 8.22. The summed E-state index contributed by atoms with van der Waals surface area (Å²) in [4.78, 5) is 0. The van der Waals surface area contributed by atoms with Gasteiger partial charge in [0.05, 0.1) is 0 Å². The lowest BCUT2D eigenvalue weighted by Crippen LogP contribution is -2.00. The third kappa shape index (κ3) is 9.22. The molecule has 0 radical (unpaired) electrons. The molecule has 0 spiro atoms. The van der Waals surface area contributed by atoms with Crippen LogP contribution in [0.15, 0.2) is 37.5 Å². The molecule has 0 aromatic rings. The topological polar surface area (TPSA) is 0 Å². The van der Waals surface area contributed by atoms with Gasteiger partial charge in [-0.2, -0.15) is 0 Å². The van der Waals surface area contributed by atoms with E-state index in [2.05, 4.69) is 33.1 Å². The van der Waals surface area contributed by atoms with Crippen LogP contribution >= 0.6 is 0 Å². The summed E-state index contributed by atoms with van der Waals surface area (Å²) >= 11 is 0. The van der Waals surface area contributed by atoms with Crippen molar-refractivity contribution in [3.8, 4) is 0 Å². The van der Waals surface area contributed by atoms with E-state index in [4.69, 9.17) is 0 Å². The first-order chi connectivity index (χ1) is 5.12. The number of hydrogen-bond donors (Lipinski definition) is 0. The maximum Gasteiger partial charge on any atom is 0.000484 e. The Balaban J connectivity index is 0. The Morgan fingerprint density at radius 2 is 1.55 bits per heavy atom. The Morgan fingerprint density at radius 1 is 1.09 bits per heavy atom. The highest BCUT2D eigenvalue weighted by Crippen LogP contribution is 2.17. The van der Waals surface area contributed by atoms with E-state index in [0.29, 0.717) is 0 Å². The molecule has 0 aliphatic heterocycles. The molecule has 0 fully saturated rings. The fraction of sp³-hybridized carbons (Fsp3) is 0.455. The molecule has 0 N–H and O–H groups in total. The van der Waals surface area contributed by atoms with Crippen molar-refractivity contribution < 1.29 is 0 Å². The van der Waals surface area contributed by atoms with Gasteiger partial charge in [0.2, 0.25) is 0 Å². The van der Waals surface area contributed by atoms with Crippen LogP contribution in [0.25, 0.3) is 0 Å². The van der Waals surface area contributed by atoms with E-state index in [-0.39, 0.29) is 5.41 Å². The predicted octanol–water partition coefficient (Wildman–Crippen LogP) is 3.97. The smallest absolute Gasteiger partial charge is 0.000484 e. The highest BCUT2D eigenvalue weighted by Gasteiger charge is 2.04. The number of hydrogen-bond acceptors (Lipinski definition) is 0. The minimum Gasteiger partial charge on any atom is -0.102 e. The molecule has 0 aromatic heterocycles. The average Bonchev–Trinajstić information content (AvgIpc) is 2.05. The van der Waals surface area contributed by atoms with Crippen molar-refractivity contribution in [3.63, 3.8) is 0 Å². The van der Waals surface area contributed by atoms with Gasteiger partial charge < -0.3 is 0 Å². The fourth-order valence-electron chi connectivity index (χ4n) is 0.384. The predicted molar refractivity (Wildman–Crippen MR) is 54.7 cm³/mol. The van der Waals surface area contributed by atoms with Gasteiger partial charge in [0.1, 0.15) is 0 Å². The van der Waals surface area contributed by atoms with Crippen LogP contribution in [-0.4, -0.2) is 0 Å². The van der Waals surface area contributed by atoms with E-state index >= 15 is 0 Å². The van der Waals surface area contributed by atoms with E-state index in [1.807, 2.05) is 26.0 Å². The molecule has 0 saturated carbocycles. The summed E-state index contributed by atoms with van der Waals surface area (Å²) in [6.07, 6.45) is 7.67. The summed E-state index contributed by atoms with van der Waals surface area (Å²) in [5.41, 5.74) is 0.105. The second-order valence-electron chi connectivity index (χ2n) is 2.62. The maximum atomic E-state index is 3.70. The van der Waals surface area contributed by atoms with Crippen molar-refractivity contribution in [1.82, 2.24) is 0 Å². The van der Waals surface area contributed by atoms with Gasteiger partial charge in [-0.15, -0.1) is 6.58 Å². The average molecular weight is 152 g/mol. The van der Waals surface area contributed by atoms with Crippen LogP contribution in [0.5, 0.6) is 0 Å². The first kappa shape index (κ1) is 12.9. The summed E-state index contributed by atoms with van der Waals surface area (Å²) in [6.45, 7) is 15.5. The van der Waals surface area contributed by atoms with Gasteiger partial charge in [0.15, 0.2) is 0 Å². The molecule has 0 atom stereocenters. The van der Waals surface area contributed by atoms with Gasteiger partial charge in [0.25, 0.3) is 0 Å². The summed E-state index contributed by atoms with van der Waals surface area (Å²) in [6, 6.07) is 0. The minimum atomic E-state index is 0.105. The highest BCUT2D eigenvalue weighted by molar-refractivity contribution is 5.09. The van der Waals surface area contributed by atoms with Crippen LogP contribution in [0.1, 0.15) is 27.7 Å². The monoisotopic (exact) mass is 152 g/mol. The molecule has 0 nitrogen and oxygen atoms in total. The zero-order valence-corrected chi connectivity index (χ0v) is 8.22. The second kappa shape index (κ2) is 7.33. The number of rotatable bonds is 3. The molecule has 0 heterocycles. The third-order valence-corrected chi connectivity index (χ3v) is 1.19. The van der Waals surface area contributed by atoms with Crippen molar-refractivity contribution in [1.29, 1.82) is 0 Å². The number of allylic oxidation sites excluding steroid dienone is 4. The standard InChI is InChI=1S/C9H14.C2H6/c1-5-7-8-9(3,4)6-2;1-2/h5-8H,1-2H2,3-4H3;1-2H3/b8-7-;. The lowest BCUT2D eigenvalue weighted by molar-refractivity contribution is 0.628. The molecular formula is C11H20. The lowest BCUT2D eigenvalue weighted by atomic mass is 9.93. The molecule has 0 rings (SSSR count). The molecule has 0 unspecified atom stereocenters. The quantitative estimate of drug-likeness (QED) is 0.424. The Hall–Kier alpha value is -0.780. The molecule has 0 bridgehead atoms. The van der Waals surface area contributed by atoms with E-state index in [1.165, 1.54) is 0 Å². The Labute approximate surface area is 71.3 Å². The molecule has 0 heteroatoms. The van der Waals surface area contributed by atoms with Crippen molar-refractivity contribution in [2.75, 3.05) is 0 Å². The van der Waals surface area contributed by atoms with Crippen molar-refractivity contribution in [2.45, 2.75) is 27.7 Å². The maximum absolute atomic E-state index is 3.70. The molecule has 64 valence electrons. The molecule has 0 saturated heterocycles. The molecule has 0 aliphatic carbocycles. The molecular weight excluding hydrogens is 132 g/mol. The highest BCUT2D eigenvalue weighted by atomic mass is 14.1. The third-order valence-electron chi connectivity index (χ3n) is 1.19. The van der Waals surface area contributed by atoms with Crippen LogP contribution in [0.3, 0.4) is 0 Å². The summed E-state index contributed by atoms with van der Waals surface area (Å²) in [7, 11) is 0. The van der Waals surface area contributed by atoms with Crippen LogP contribution in [0.4, 0.5) is 0 Å². The molecule has 0 aliphatic rings. The van der Waals surface area contributed by atoms with Crippen LogP contribution in [0.2, 0.25) is 0 Å².